The number of aromatic nitrogens is 2. The third-order valence-corrected chi connectivity index (χ3v) is 4.49. The molecule has 0 fully saturated rings. The van der Waals surface area contributed by atoms with E-state index in [1.54, 1.807) is 24.3 Å². The minimum atomic E-state index is -0.183. The zero-order valence-corrected chi connectivity index (χ0v) is 12.5. The first-order valence-electron chi connectivity index (χ1n) is 6.49. The summed E-state index contributed by atoms with van der Waals surface area (Å²) in [4.78, 5) is 5.56. The van der Waals surface area contributed by atoms with Crippen molar-refractivity contribution >= 4 is 22.0 Å². The van der Waals surface area contributed by atoms with Gasteiger partial charge in [-0.15, -0.1) is 11.3 Å². The van der Waals surface area contributed by atoms with Gasteiger partial charge in [0.1, 0.15) is 5.82 Å². The topological polar surface area (TPSA) is 29.3 Å². The number of anilines is 1. The van der Waals surface area contributed by atoms with Crippen LogP contribution in [0, 0.1) is 26.6 Å². The Balaban J connectivity index is 1.92. The molecule has 2 heterocycles. The number of hydrogen-bond acceptors (Lipinski definition) is 3. The smallest absolute Gasteiger partial charge is 0.194 e. The third kappa shape index (κ3) is 2.08. The molecule has 3 aromatic rings. The van der Waals surface area contributed by atoms with E-state index >= 15 is 0 Å². The first kappa shape index (κ1) is 13.1. The fourth-order valence-corrected chi connectivity index (χ4v) is 3.28. The van der Waals surface area contributed by atoms with E-state index in [1.807, 2.05) is 13.0 Å². The van der Waals surface area contributed by atoms with E-state index in [4.69, 9.17) is 0 Å². The number of nitrogens with zero attached hydrogens (tertiary/aromatic N) is 2. The molecule has 3 nitrogen and oxygen atoms in total. The maximum Gasteiger partial charge on any atom is 0.194 e. The van der Waals surface area contributed by atoms with Crippen molar-refractivity contribution in [1.29, 1.82) is 0 Å². The highest BCUT2D eigenvalue weighted by Gasteiger charge is 2.12. The Kier molecular flexibility index (Phi) is 3.22. The number of aryl methyl sites for hydroxylation is 2. The van der Waals surface area contributed by atoms with Crippen molar-refractivity contribution in [3.63, 3.8) is 0 Å². The fraction of sp³-hybridized carbons (Fsp3) is 0.267. The molecule has 20 heavy (non-hydrogen) atoms. The first-order valence-corrected chi connectivity index (χ1v) is 7.37. The van der Waals surface area contributed by atoms with E-state index in [0.29, 0.717) is 12.1 Å². The number of nitrogens with one attached hydrogen (secondary N) is 1. The molecule has 2 aromatic heterocycles. The van der Waals surface area contributed by atoms with Crippen LogP contribution >= 0.6 is 11.3 Å². The van der Waals surface area contributed by atoms with E-state index in [0.717, 1.165) is 22.0 Å². The zero-order chi connectivity index (χ0) is 14.3. The molecular weight excluding hydrogens is 273 g/mol. The summed E-state index contributed by atoms with van der Waals surface area (Å²) in [6, 6.07) is 5.09. The Morgan fingerprint density at radius 1 is 1.30 bits per heavy atom. The van der Waals surface area contributed by atoms with Crippen molar-refractivity contribution in [2.75, 3.05) is 5.32 Å². The van der Waals surface area contributed by atoms with Crippen LogP contribution in [0.25, 0.3) is 4.96 Å². The Bertz CT molecular complexity index is 773. The highest BCUT2D eigenvalue weighted by Crippen LogP contribution is 2.23. The lowest BCUT2D eigenvalue weighted by Crippen LogP contribution is -2.06. The standard InChI is InChI=1S/C15H16FN3S/c1-9-8-20-15-18-11(3)14(19(9)15)7-17-13-6-4-5-12(16)10(13)2/h4-6,8,17H,7H2,1-3H3. The maximum atomic E-state index is 13.5. The molecule has 0 aliphatic heterocycles. The first-order chi connectivity index (χ1) is 9.58. The molecular formula is C15H16FN3S. The number of imidazole rings is 1. The summed E-state index contributed by atoms with van der Waals surface area (Å²) in [5.41, 5.74) is 4.79. The summed E-state index contributed by atoms with van der Waals surface area (Å²) in [6.45, 7) is 6.50. The average molecular weight is 289 g/mol. The minimum Gasteiger partial charge on any atom is -0.379 e. The van der Waals surface area contributed by atoms with E-state index in [2.05, 4.69) is 27.0 Å². The third-order valence-electron chi connectivity index (χ3n) is 3.54. The van der Waals surface area contributed by atoms with Crippen molar-refractivity contribution in [3.05, 3.63) is 52.0 Å². The number of rotatable bonds is 3. The highest BCUT2D eigenvalue weighted by atomic mass is 32.1. The lowest BCUT2D eigenvalue weighted by Gasteiger charge is -2.10. The van der Waals surface area contributed by atoms with Crippen LogP contribution in [0.15, 0.2) is 23.6 Å². The maximum absolute atomic E-state index is 13.5. The molecule has 0 amide bonds. The Morgan fingerprint density at radius 2 is 2.10 bits per heavy atom. The molecule has 0 spiro atoms. The van der Waals surface area contributed by atoms with Gasteiger partial charge in [-0.25, -0.2) is 9.37 Å². The summed E-state index contributed by atoms with van der Waals surface area (Å²) < 4.78 is 15.7. The van der Waals surface area contributed by atoms with Crippen molar-refractivity contribution in [2.45, 2.75) is 27.3 Å². The lowest BCUT2D eigenvalue weighted by atomic mass is 10.2. The largest absolute Gasteiger partial charge is 0.379 e. The van der Waals surface area contributed by atoms with Gasteiger partial charge in [0.05, 0.1) is 17.9 Å². The molecule has 0 unspecified atom stereocenters. The van der Waals surface area contributed by atoms with Gasteiger partial charge in [0, 0.05) is 22.3 Å². The van der Waals surface area contributed by atoms with Gasteiger partial charge in [-0.1, -0.05) is 6.07 Å². The van der Waals surface area contributed by atoms with Crippen LogP contribution in [0.4, 0.5) is 10.1 Å². The summed E-state index contributed by atoms with van der Waals surface area (Å²) >= 11 is 1.64. The van der Waals surface area contributed by atoms with Crippen LogP contribution in [0.3, 0.4) is 0 Å². The molecule has 1 N–H and O–H groups in total. The monoisotopic (exact) mass is 289 g/mol. The second kappa shape index (κ2) is 4.90. The normalized spacial score (nSPS) is 11.2. The Hall–Kier alpha value is -1.88. The number of thiazole rings is 1. The molecule has 0 aliphatic carbocycles. The summed E-state index contributed by atoms with van der Waals surface area (Å²) in [5, 5.41) is 5.41. The fourth-order valence-electron chi connectivity index (χ4n) is 2.35. The molecule has 0 bridgehead atoms. The van der Waals surface area contributed by atoms with Crippen LogP contribution in [0.5, 0.6) is 0 Å². The molecule has 0 atom stereocenters. The van der Waals surface area contributed by atoms with Crippen LogP contribution < -0.4 is 5.32 Å². The molecule has 0 saturated heterocycles. The van der Waals surface area contributed by atoms with E-state index in [-0.39, 0.29) is 5.82 Å². The molecule has 0 radical (unpaired) electrons. The van der Waals surface area contributed by atoms with Crippen molar-refractivity contribution in [3.8, 4) is 0 Å². The van der Waals surface area contributed by atoms with E-state index in [9.17, 15) is 4.39 Å². The van der Waals surface area contributed by atoms with Gasteiger partial charge >= 0.3 is 0 Å². The van der Waals surface area contributed by atoms with Gasteiger partial charge in [-0.3, -0.25) is 4.40 Å². The Labute approximate surface area is 121 Å². The molecule has 3 rings (SSSR count). The number of fused-ring (bicyclic) bond motifs is 1. The predicted octanol–water partition coefficient (Wildman–Crippen LogP) is 4.07. The zero-order valence-electron chi connectivity index (χ0n) is 11.7. The van der Waals surface area contributed by atoms with Crippen LogP contribution in [0.2, 0.25) is 0 Å². The van der Waals surface area contributed by atoms with Crippen LogP contribution in [0.1, 0.15) is 22.6 Å². The van der Waals surface area contributed by atoms with Gasteiger partial charge in [0.25, 0.3) is 0 Å². The Morgan fingerprint density at radius 3 is 2.90 bits per heavy atom. The number of halogens is 1. The quantitative estimate of drug-likeness (QED) is 0.787. The number of benzene rings is 1. The predicted molar refractivity (Wildman–Crippen MR) is 81.0 cm³/mol. The van der Waals surface area contributed by atoms with Gasteiger partial charge in [-0.05, 0) is 32.9 Å². The van der Waals surface area contributed by atoms with Crippen molar-refractivity contribution in [1.82, 2.24) is 9.38 Å². The average Bonchev–Trinajstić information content (AvgIpc) is 2.92. The van der Waals surface area contributed by atoms with Gasteiger partial charge in [-0.2, -0.15) is 0 Å². The van der Waals surface area contributed by atoms with Gasteiger partial charge in [0.2, 0.25) is 0 Å². The molecule has 1 aromatic carbocycles. The van der Waals surface area contributed by atoms with E-state index in [1.165, 1.54) is 11.8 Å². The van der Waals surface area contributed by atoms with Crippen LogP contribution in [-0.4, -0.2) is 9.38 Å². The highest BCUT2D eigenvalue weighted by molar-refractivity contribution is 7.15. The van der Waals surface area contributed by atoms with Gasteiger partial charge in [0.15, 0.2) is 4.96 Å². The van der Waals surface area contributed by atoms with E-state index < -0.39 is 0 Å². The number of hydrogen-bond donors (Lipinski definition) is 1. The lowest BCUT2D eigenvalue weighted by molar-refractivity contribution is 0.619. The SMILES string of the molecule is Cc1nc2scc(C)n2c1CNc1cccc(F)c1C. The second-order valence-electron chi connectivity index (χ2n) is 4.90. The summed E-state index contributed by atoms with van der Waals surface area (Å²) in [6.07, 6.45) is 0. The summed E-state index contributed by atoms with van der Waals surface area (Å²) in [7, 11) is 0. The molecule has 0 saturated carbocycles. The molecule has 0 aliphatic rings. The molecule has 5 heteroatoms. The molecule has 104 valence electrons. The van der Waals surface area contributed by atoms with Gasteiger partial charge < -0.3 is 5.32 Å². The van der Waals surface area contributed by atoms with Crippen molar-refractivity contribution < 1.29 is 4.39 Å². The second-order valence-corrected chi connectivity index (χ2v) is 5.74. The minimum absolute atomic E-state index is 0.183. The van der Waals surface area contributed by atoms with Crippen LogP contribution in [-0.2, 0) is 6.54 Å². The van der Waals surface area contributed by atoms with Crippen molar-refractivity contribution in [2.24, 2.45) is 0 Å². The summed E-state index contributed by atoms with van der Waals surface area (Å²) in [5.74, 6) is -0.183.